The average molecular weight is 712 g/mol. The number of fused-ring (bicyclic) bond motifs is 3. The summed E-state index contributed by atoms with van der Waals surface area (Å²) in [6, 6.07) is 15.8. The van der Waals surface area contributed by atoms with Gasteiger partial charge < -0.3 is 0 Å². The molecule has 0 saturated carbocycles. The van der Waals surface area contributed by atoms with Crippen LogP contribution in [0.15, 0.2) is 54.6 Å². The fraction of sp³-hybridized carbons (Fsp3) is 0.367. The zero-order valence-corrected chi connectivity index (χ0v) is 26.3. The van der Waals surface area contributed by atoms with E-state index in [1.807, 2.05) is 59.6 Å². The number of hydrogen-bond donors (Lipinski definition) is 4. The van der Waals surface area contributed by atoms with Gasteiger partial charge in [0.25, 0.3) is 0 Å². The van der Waals surface area contributed by atoms with Gasteiger partial charge in [-0.05, 0) is 0 Å². The summed E-state index contributed by atoms with van der Waals surface area (Å²) >= 11 is 0.807. The summed E-state index contributed by atoms with van der Waals surface area (Å²) in [6.45, 7) is 1.17. The quantitative estimate of drug-likeness (QED) is 0.104. The van der Waals surface area contributed by atoms with Gasteiger partial charge in [-0.2, -0.15) is 0 Å². The van der Waals surface area contributed by atoms with Crippen LogP contribution in [0, 0.1) is 0 Å². The van der Waals surface area contributed by atoms with Crippen LogP contribution >= 0.6 is 11.3 Å². The number of hydrazine groups is 1. The molecule has 5 heterocycles. The summed E-state index contributed by atoms with van der Waals surface area (Å²) in [5.74, 6) is -0.432. The maximum atomic E-state index is 14.1. The first-order valence-electron chi connectivity index (χ1n) is 14.3. The zero-order valence-electron chi connectivity index (χ0n) is 23.3. The summed E-state index contributed by atoms with van der Waals surface area (Å²) in [4.78, 5) is 54.3. The fourth-order valence-electron chi connectivity index (χ4n) is 6.27. The van der Waals surface area contributed by atoms with Crippen molar-refractivity contribution in [2.24, 2.45) is 5.73 Å². The molecule has 2 amide bonds. The summed E-state index contributed by atoms with van der Waals surface area (Å²) < 4.78 is 1.60. The van der Waals surface area contributed by atoms with Gasteiger partial charge in [0.1, 0.15) is 0 Å². The molecule has 2 aromatic carbocycles. The molecule has 0 spiro atoms. The summed E-state index contributed by atoms with van der Waals surface area (Å²) in [5.41, 5.74) is 15.2. The number of nitrogens with one attached hydrogen (secondary N) is 2. The van der Waals surface area contributed by atoms with E-state index >= 15 is 0 Å². The number of carbonyl (C=O) groups is 3. The minimum atomic E-state index is -1.11. The third-order valence-electron chi connectivity index (χ3n) is 8.50. The molecule has 4 aromatic rings. The van der Waals surface area contributed by atoms with Gasteiger partial charge >= 0.3 is 258 Å². The van der Waals surface area contributed by atoms with Crippen molar-refractivity contribution in [3.05, 3.63) is 76.6 Å². The van der Waals surface area contributed by atoms with Gasteiger partial charge in [-0.25, -0.2) is 0 Å². The number of para-hydroxylation sites is 1. The Kier molecular flexibility index (Phi) is 7.43. The van der Waals surface area contributed by atoms with Crippen LogP contribution in [0.5, 0.6) is 0 Å². The van der Waals surface area contributed by atoms with Crippen LogP contribution in [-0.4, -0.2) is 77.2 Å². The number of aromatic amines is 1. The van der Waals surface area contributed by atoms with Crippen LogP contribution < -0.4 is 38.0 Å². The Bertz CT molecular complexity index is 1680. The predicted octanol–water partition coefficient (Wildman–Crippen LogP) is -1.36. The van der Waals surface area contributed by atoms with Crippen LogP contribution in [-0.2, 0) is 26.9 Å². The number of carbonyl (C=O) groups excluding carboxylic acids is 3. The Hall–Kier alpha value is -3.40. The van der Waals surface area contributed by atoms with Crippen LogP contribution in [0.4, 0.5) is 5.95 Å². The van der Waals surface area contributed by atoms with Gasteiger partial charge in [-0.15, -0.1) is 0 Å². The number of H-pyrrole nitrogens is 1. The second kappa shape index (κ2) is 11.3. The predicted molar refractivity (Wildman–Crippen MR) is 159 cm³/mol. The number of anilines is 1. The molecule has 1 unspecified atom stereocenters. The number of alkyl halides is 2. The molecule has 11 nitrogen and oxygen atoms in total. The molecule has 3 aliphatic heterocycles. The topological polar surface area (TPSA) is 163 Å². The molecular weight excluding hydrogens is 679 g/mol. The Morgan fingerprint density at radius 2 is 1.93 bits per heavy atom. The number of thiazole rings is 1. The number of nitrogens with zero attached hydrogens (tertiary/aromatic N) is 4. The van der Waals surface area contributed by atoms with E-state index in [2.05, 4.69) is 20.3 Å². The molecule has 2 fully saturated rings. The molecular formula is C30H32IN8O3S-. The first-order valence-corrected chi connectivity index (χ1v) is 17.9. The van der Waals surface area contributed by atoms with Crippen LogP contribution in [0.3, 0.4) is 0 Å². The molecule has 7 rings (SSSR count). The molecule has 224 valence electrons. The molecule has 0 aliphatic carbocycles. The van der Waals surface area contributed by atoms with Gasteiger partial charge in [-0.1, -0.05) is 6.07 Å². The molecule has 13 heteroatoms. The number of Topliss-reactive ketones (excluding diaryl/α,β-unsaturated/α-hetero) is 1. The number of aromatic nitrogens is 3. The van der Waals surface area contributed by atoms with Crippen LogP contribution in [0.2, 0.25) is 0 Å². The number of nitrogen functional groups attached to an aromatic ring is 1. The molecule has 2 saturated heterocycles. The Balaban J connectivity index is 1.15. The van der Waals surface area contributed by atoms with Crippen molar-refractivity contribution in [2.75, 3.05) is 18.8 Å². The Morgan fingerprint density at radius 1 is 1.14 bits per heavy atom. The van der Waals surface area contributed by atoms with Crippen molar-refractivity contribution in [2.45, 2.75) is 51.7 Å². The van der Waals surface area contributed by atoms with E-state index in [-0.39, 0.29) is 21.5 Å². The molecule has 0 bridgehead atoms. The van der Waals surface area contributed by atoms with E-state index in [1.54, 1.807) is 5.01 Å². The van der Waals surface area contributed by atoms with E-state index in [0.717, 1.165) is 31.6 Å². The molecule has 3 aliphatic rings. The van der Waals surface area contributed by atoms with E-state index in [4.69, 9.17) is 11.5 Å². The summed E-state index contributed by atoms with van der Waals surface area (Å²) in [5, 5.41) is 6.97. The Morgan fingerprint density at radius 3 is 2.74 bits per heavy atom. The third kappa shape index (κ3) is 5.32. The van der Waals surface area contributed by atoms with Crippen molar-refractivity contribution in [3.8, 4) is 0 Å². The number of benzene rings is 2. The summed E-state index contributed by atoms with van der Waals surface area (Å²) in [6.07, 6.45) is 1.92. The van der Waals surface area contributed by atoms with Gasteiger partial charge in [0, 0.05) is 0 Å². The molecule has 2 aromatic heterocycles. The van der Waals surface area contributed by atoms with Crippen molar-refractivity contribution in [3.63, 3.8) is 0 Å². The van der Waals surface area contributed by atoms with E-state index in [9.17, 15) is 14.4 Å². The first-order chi connectivity index (χ1) is 20.8. The number of amides is 2. The molecule has 43 heavy (non-hydrogen) atoms. The number of hydrogen-bond acceptors (Lipinski definition) is 9. The van der Waals surface area contributed by atoms with Crippen molar-refractivity contribution < 1.29 is 35.6 Å². The Labute approximate surface area is 262 Å². The van der Waals surface area contributed by atoms with E-state index < -0.39 is 38.8 Å². The van der Waals surface area contributed by atoms with E-state index in [0.29, 0.717) is 49.7 Å². The van der Waals surface area contributed by atoms with Crippen molar-refractivity contribution in [1.29, 1.82) is 0 Å². The van der Waals surface area contributed by atoms with Crippen molar-refractivity contribution >= 4 is 45.1 Å². The minimum absolute atomic E-state index is 0.0984. The maximum absolute atomic E-state index is 14.1. The number of halogens is 1. The van der Waals surface area contributed by atoms with Crippen LogP contribution in [0.25, 0.3) is 10.2 Å². The standard InChI is InChI=1S/C30H32IN8O3S/c32-29-35-20-14-18(31-16-21(20)36-29)24(25(40)27-34-19-8-4-5-9-23(19)43-27)37-26(41)22-10-12-38-13-11-30(33,28(42)39(22)38)15-17-6-2-1-3-7-17/h1-9,18,22,24H,10-16,33H2,(H,37,41)(H3,32,35,36)/q-1/t18?,22-,24-,30+/m0/s1. The fourth-order valence-corrected chi connectivity index (χ4v) is 10.6. The second-order valence-corrected chi connectivity index (χ2v) is 15.6. The van der Waals surface area contributed by atoms with Crippen LogP contribution in [0.1, 0.15) is 39.6 Å². The number of imidazole rings is 1. The number of nitrogens with two attached hydrogens (primary N) is 2. The van der Waals surface area contributed by atoms with E-state index in [1.165, 1.54) is 11.3 Å². The van der Waals surface area contributed by atoms with Gasteiger partial charge in [0.05, 0.1) is 0 Å². The summed E-state index contributed by atoms with van der Waals surface area (Å²) in [7, 11) is 0. The average Bonchev–Trinajstić information content (AvgIpc) is 3.73. The molecule has 4 atom stereocenters. The molecule has 6 N–H and O–H groups in total. The third-order valence-corrected chi connectivity index (χ3v) is 13.0. The van der Waals surface area contributed by atoms with Gasteiger partial charge in [0.15, 0.2) is 0 Å². The number of ketones is 1. The van der Waals surface area contributed by atoms with Crippen molar-refractivity contribution in [1.82, 2.24) is 30.3 Å². The monoisotopic (exact) mass is 711 g/mol. The normalized spacial score (nSPS) is 24.7. The second-order valence-electron chi connectivity index (χ2n) is 11.4. The number of rotatable bonds is 7. The first kappa shape index (κ1) is 28.4. The SMILES string of the molecule is Nc1nc2c([nH]1)C[I-]C([C@H](NC(=O)[C@@H]1CCN3CC[C@@](N)(Cc4ccccc4)C(=O)N13)C(=O)c1nc3ccccc3s1)C2. The van der Waals surface area contributed by atoms with Gasteiger partial charge in [-0.3, -0.25) is 0 Å². The van der Waals surface area contributed by atoms with Gasteiger partial charge in [0.2, 0.25) is 0 Å². The molecule has 0 radical (unpaired) electrons. The zero-order chi connectivity index (χ0) is 29.7.